The number of fused-ring (bicyclic) bond motifs is 3. The molecule has 6 aromatic carbocycles. The lowest BCUT2D eigenvalue weighted by Gasteiger charge is -2.12. The molecule has 6 nitrogen and oxygen atoms in total. The summed E-state index contributed by atoms with van der Waals surface area (Å²) >= 11 is 0. The Kier molecular flexibility index (Phi) is 7.01. The monoisotopic (exact) mass is 546 g/mol. The number of aromatic nitrogens is 3. The van der Waals surface area contributed by atoms with Gasteiger partial charge in [0.05, 0.1) is 0 Å². The predicted molar refractivity (Wildman–Crippen MR) is 174 cm³/mol. The Morgan fingerprint density at radius 2 is 0.619 bits per heavy atom. The first-order valence-corrected chi connectivity index (χ1v) is 14.2. The van der Waals surface area contributed by atoms with Crippen molar-refractivity contribution in [2.45, 2.75) is 19.6 Å². The van der Waals surface area contributed by atoms with E-state index in [4.69, 9.17) is 15.0 Å². The fraction of sp³-hybridized carbons (Fsp3) is 0.0833. The Morgan fingerprint density at radius 3 is 0.929 bits per heavy atom. The van der Waals surface area contributed by atoms with Crippen LogP contribution in [0.3, 0.4) is 0 Å². The second-order valence-electron chi connectivity index (χ2n) is 10.4. The number of anilines is 3. The largest absolute Gasteiger partial charge is 0.350 e. The first kappa shape index (κ1) is 25.5. The molecule has 1 aromatic heterocycles. The average Bonchev–Trinajstić information content (AvgIpc) is 3.05. The van der Waals surface area contributed by atoms with Crippen LogP contribution in [0.1, 0.15) is 16.7 Å². The molecule has 204 valence electrons. The van der Waals surface area contributed by atoms with Crippen LogP contribution in [0.25, 0.3) is 32.3 Å². The van der Waals surface area contributed by atoms with E-state index in [1.807, 2.05) is 0 Å². The van der Waals surface area contributed by atoms with Crippen LogP contribution < -0.4 is 16.0 Å². The van der Waals surface area contributed by atoms with Gasteiger partial charge in [-0.25, -0.2) is 0 Å². The number of benzene rings is 6. The van der Waals surface area contributed by atoms with Crippen LogP contribution in [0.4, 0.5) is 17.8 Å². The minimum atomic E-state index is 0.514. The van der Waals surface area contributed by atoms with Crippen molar-refractivity contribution in [3.8, 4) is 0 Å². The molecule has 6 heteroatoms. The maximum atomic E-state index is 4.70. The van der Waals surface area contributed by atoms with Gasteiger partial charge in [-0.1, -0.05) is 109 Å². The van der Waals surface area contributed by atoms with Crippen LogP contribution in [0.15, 0.2) is 127 Å². The van der Waals surface area contributed by atoms with Gasteiger partial charge in [-0.2, -0.15) is 15.0 Å². The van der Waals surface area contributed by atoms with Gasteiger partial charge >= 0.3 is 0 Å². The summed E-state index contributed by atoms with van der Waals surface area (Å²) in [6, 6.07) is 44.6. The molecule has 7 aromatic rings. The molecule has 0 aliphatic heterocycles. The molecule has 0 spiro atoms. The van der Waals surface area contributed by atoms with Crippen LogP contribution in [-0.4, -0.2) is 15.0 Å². The molecule has 3 N–H and O–H groups in total. The summed E-state index contributed by atoms with van der Waals surface area (Å²) in [6.07, 6.45) is 0. The minimum Gasteiger partial charge on any atom is -0.350 e. The van der Waals surface area contributed by atoms with Gasteiger partial charge in [-0.3, -0.25) is 0 Å². The lowest BCUT2D eigenvalue weighted by Crippen LogP contribution is -2.12. The maximum Gasteiger partial charge on any atom is 0.229 e. The zero-order valence-electron chi connectivity index (χ0n) is 23.1. The molecule has 1 heterocycles. The van der Waals surface area contributed by atoms with E-state index in [2.05, 4.69) is 143 Å². The number of hydrogen-bond donors (Lipinski definition) is 3. The smallest absolute Gasteiger partial charge is 0.229 e. The first-order chi connectivity index (χ1) is 20.7. The Morgan fingerprint density at radius 1 is 0.333 bits per heavy atom. The highest BCUT2D eigenvalue weighted by Crippen LogP contribution is 2.20. The Labute approximate surface area is 244 Å². The molecule has 0 aliphatic carbocycles. The van der Waals surface area contributed by atoms with Gasteiger partial charge in [0.25, 0.3) is 0 Å². The second-order valence-corrected chi connectivity index (χ2v) is 10.4. The topological polar surface area (TPSA) is 74.8 Å². The lowest BCUT2D eigenvalue weighted by atomic mass is 10.1. The third kappa shape index (κ3) is 5.83. The number of rotatable bonds is 9. The van der Waals surface area contributed by atoms with E-state index in [-0.39, 0.29) is 0 Å². The van der Waals surface area contributed by atoms with Gasteiger partial charge in [0, 0.05) is 19.6 Å². The molecule has 7 rings (SSSR count). The third-order valence-electron chi connectivity index (χ3n) is 7.43. The summed E-state index contributed by atoms with van der Waals surface area (Å²) in [7, 11) is 0. The van der Waals surface area contributed by atoms with E-state index in [0.717, 1.165) is 16.7 Å². The summed E-state index contributed by atoms with van der Waals surface area (Å²) in [4.78, 5) is 14.1. The van der Waals surface area contributed by atoms with Crippen LogP contribution >= 0.6 is 0 Å². The molecule has 0 bridgehead atoms. The molecule has 0 atom stereocenters. The van der Waals surface area contributed by atoms with Gasteiger partial charge < -0.3 is 16.0 Å². The standard InChI is InChI=1S/C36H30N6/c1-4-10-31-19-25(13-16-28(31)7-1)22-37-34-40-35(38-23-26-14-17-29-8-2-5-11-32(29)20-26)42-36(41-34)39-24-27-15-18-30-9-3-6-12-33(30)21-27/h1-21H,22-24H2,(H3,37,38,39,40,41,42). The summed E-state index contributed by atoms with van der Waals surface area (Å²) in [6.45, 7) is 1.80. The highest BCUT2D eigenvalue weighted by atomic mass is 15.3. The van der Waals surface area contributed by atoms with Crippen molar-refractivity contribution in [2.24, 2.45) is 0 Å². The van der Waals surface area contributed by atoms with Gasteiger partial charge in [0.15, 0.2) is 0 Å². The van der Waals surface area contributed by atoms with Crippen molar-refractivity contribution in [1.29, 1.82) is 0 Å². The zero-order chi connectivity index (χ0) is 28.1. The van der Waals surface area contributed by atoms with E-state index in [9.17, 15) is 0 Å². The van der Waals surface area contributed by atoms with E-state index >= 15 is 0 Å². The van der Waals surface area contributed by atoms with E-state index < -0.39 is 0 Å². The molecule has 0 radical (unpaired) electrons. The molecule has 0 saturated heterocycles. The molecular weight excluding hydrogens is 516 g/mol. The number of hydrogen-bond acceptors (Lipinski definition) is 6. The molecular formula is C36H30N6. The Bertz CT molecular complexity index is 1780. The fourth-order valence-corrected chi connectivity index (χ4v) is 5.20. The molecule has 0 aliphatic rings. The average molecular weight is 547 g/mol. The van der Waals surface area contributed by atoms with Crippen LogP contribution in [0.5, 0.6) is 0 Å². The highest BCUT2D eigenvalue weighted by molar-refractivity contribution is 5.84. The van der Waals surface area contributed by atoms with E-state index in [1.165, 1.54) is 32.3 Å². The van der Waals surface area contributed by atoms with Crippen LogP contribution in [-0.2, 0) is 19.6 Å². The summed E-state index contributed by atoms with van der Waals surface area (Å²) < 4.78 is 0. The molecule has 0 saturated carbocycles. The summed E-state index contributed by atoms with van der Waals surface area (Å²) in [5.41, 5.74) is 3.47. The third-order valence-corrected chi connectivity index (χ3v) is 7.43. The first-order valence-electron chi connectivity index (χ1n) is 14.2. The van der Waals surface area contributed by atoms with Crippen molar-refractivity contribution in [3.05, 3.63) is 144 Å². The Hall–Kier alpha value is -5.49. The normalized spacial score (nSPS) is 11.1. The van der Waals surface area contributed by atoms with Gasteiger partial charge in [-0.15, -0.1) is 0 Å². The minimum absolute atomic E-state index is 0.514. The SMILES string of the molecule is c1ccc2cc(CNc3nc(NCc4ccc5ccccc5c4)nc(NCc4ccc5ccccc5c4)n3)ccc2c1. The van der Waals surface area contributed by atoms with E-state index in [1.54, 1.807) is 0 Å². The van der Waals surface area contributed by atoms with Crippen molar-refractivity contribution in [3.63, 3.8) is 0 Å². The van der Waals surface area contributed by atoms with Gasteiger partial charge in [0.1, 0.15) is 0 Å². The van der Waals surface area contributed by atoms with Crippen molar-refractivity contribution < 1.29 is 0 Å². The Balaban J connectivity index is 1.11. The van der Waals surface area contributed by atoms with Crippen LogP contribution in [0.2, 0.25) is 0 Å². The van der Waals surface area contributed by atoms with Crippen molar-refractivity contribution in [2.75, 3.05) is 16.0 Å². The van der Waals surface area contributed by atoms with Crippen LogP contribution in [0, 0.1) is 0 Å². The number of nitrogens with one attached hydrogen (secondary N) is 3. The molecule has 0 fully saturated rings. The predicted octanol–water partition coefficient (Wildman–Crippen LogP) is 8.17. The molecule has 0 unspecified atom stereocenters. The molecule has 42 heavy (non-hydrogen) atoms. The fourth-order valence-electron chi connectivity index (χ4n) is 5.20. The van der Waals surface area contributed by atoms with E-state index in [0.29, 0.717) is 37.5 Å². The second kappa shape index (κ2) is 11.6. The lowest BCUT2D eigenvalue weighted by molar-refractivity contribution is 0.962. The summed E-state index contributed by atoms with van der Waals surface area (Å²) in [5, 5.41) is 17.5. The summed E-state index contributed by atoms with van der Waals surface area (Å²) in [5.74, 6) is 1.54. The number of nitrogens with zero attached hydrogens (tertiary/aromatic N) is 3. The van der Waals surface area contributed by atoms with Gasteiger partial charge in [-0.05, 0) is 67.2 Å². The van der Waals surface area contributed by atoms with Crippen molar-refractivity contribution >= 4 is 50.2 Å². The van der Waals surface area contributed by atoms with Crippen molar-refractivity contribution in [1.82, 2.24) is 15.0 Å². The zero-order valence-corrected chi connectivity index (χ0v) is 23.1. The maximum absolute atomic E-state index is 4.70. The molecule has 0 amide bonds. The highest BCUT2D eigenvalue weighted by Gasteiger charge is 2.08. The quantitative estimate of drug-likeness (QED) is 0.170. The van der Waals surface area contributed by atoms with Gasteiger partial charge in [0.2, 0.25) is 17.8 Å².